The molecule has 0 saturated heterocycles. The lowest BCUT2D eigenvalue weighted by Crippen LogP contribution is -2.54. The fourth-order valence-electron chi connectivity index (χ4n) is 3.40. The standard InChI is InChI=1S/C25H36F3N4O9PS/c1-23(2,15-33)21(35)43-12-11-40-42(38,30-13-16-5-7-17(8-6-16)25(26,27)28)41-14-18(39-4)20(34)24(3,37)32-10-9-19(29)31-22(32)36/h5-10,18,20,33-34,37H,11-15H2,1-4H3,(H,30,38)(H2,29,31,36)/t18-,20?,24?,42?/m1/s1. The Bertz CT molecular complexity index is 1330. The minimum absolute atomic E-state index is 0.00959. The summed E-state index contributed by atoms with van der Waals surface area (Å²) in [6.07, 6.45) is -6.68. The third kappa shape index (κ3) is 10.4. The largest absolute Gasteiger partial charge is 0.416 e. The highest BCUT2D eigenvalue weighted by Crippen LogP contribution is 2.45. The molecule has 0 aliphatic heterocycles. The molecule has 1 heterocycles. The summed E-state index contributed by atoms with van der Waals surface area (Å²) in [5.74, 6) is -0.106. The maximum Gasteiger partial charge on any atom is 0.416 e. The third-order valence-corrected chi connectivity index (χ3v) is 8.96. The summed E-state index contributed by atoms with van der Waals surface area (Å²) in [7, 11) is -3.14. The number of nitrogens with zero attached hydrogens (tertiary/aromatic N) is 2. The van der Waals surface area contributed by atoms with Gasteiger partial charge in [-0.25, -0.2) is 14.4 Å². The Morgan fingerprint density at radius 1 is 1.19 bits per heavy atom. The lowest BCUT2D eigenvalue weighted by molar-refractivity contribution is -0.177. The van der Waals surface area contributed by atoms with Crippen LogP contribution >= 0.6 is 19.5 Å². The Morgan fingerprint density at radius 2 is 1.81 bits per heavy atom. The van der Waals surface area contributed by atoms with Crippen LogP contribution in [0.2, 0.25) is 0 Å². The van der Waals surface area contributed by atoms with Gasteiger partial charge in [0, 0.05) is 25.6 Å². The molecule has 13 nitrogen and oxygen atoms in total. The van der Waals surface area contributed by atoms with Crippen LogP contribution in [-0.4, -0.2) is 74.9 Å². The van der Waals surface area contributed by atoms with Crippen LogP contribution in [-0.2, 0) is 41.6 Å². The number of aliphatic hydroxyl groups excluding tert-OH is 2. The number of thioether (sulfide) groups is 1. The van der Waals surface area contributed by atoms with Gasteiger partial charge in [-0.3, -0.25) is 18.4 Å². The Morgan fingerprint density at radius 3 is 2.35 bits per heavy atom. The number of methoxy groups -OCH3 is 1. The van der Waals surface area contributed by atoms with Gasteiger partial charge in [-0.15, -0.1) is 0 Å². The lowest BCUT2D eigenvalue weighted by Gasteiger charge is -2.35. The predicted molar refractivity (Wildman–Crippen MR) is 152 cm³/mol. The molecule has 0 fully saturated rings. The van der Waals surface area contributed by atoms with Crippen molar-refractivity contribution in [2.24, 2.45) is 5.41 Å². The molecule has 1 aromatic carbocycles. The van der Waals surface area contributed by atoms with Crippen LogP contribution in [0.3, 0.4) is 0 Å². The molecule has 2 aromatic rings. The van der Waals surface area contributed by atoms with Crippen molar-refractivity contribution in [3.63, 3.8) is 0 Å². The van der Waals surface area contributed by atoms with E-state index in [0.717, 1.165) is 44.1 Å². The van der Waals surface area contributed by atoms with Gasteiger partial charge in [0.1, 0.15) is 18.0 Å². The first-order chi connectivity index (χ1) is 19.9. The van der Waals surface area contributed by atoms with Gasteiger partial charge in [0.05, 0.1) is 30.8 Å². The van der Waals surface area contributed by atoms with Crippen LogP contribution in [0.4, 0.5) is 19.0 Å². The Kier molecular flexibility index (Phi) is 12.9. The lowest BCUT2D eigenvalue weighted by atomic mass is 9.97. The molecule has 4 atom stereocenters. The first-order valence-electron chi connectivity index (χ1n) is 12.7. The minimum atomic E-state index is -4.54. The van der Waals surface area contributed by atoms with E-state index < -0.39 is 55.1 Å². The number of benzene rings is 1. The van der Waals surface area contributed by atoms with Gasteiger partial charge in [0.15, 0.2) is 10.8 Å². The van der Waals surface area contributed by atoms with Crippen molar-refractivity contribution in [3.05, 3.63) is 58.1 Å². The highest BCUT2D eigenvalue weighted by atomic mass is 32.2. The van der Waals surface area contributed by atoms with Gasteiger partial charge >= 0.3 is 19.6 Å². The molecule has 242 valence electrons. The topological polar surface area (TPSA) is 195 Å². The molecular formula is C25H36F3N4O9PS. The SMILES string of the molecule is CO[C@H](COP(=O)(NCc1ccc(C(F)(F)F)cc1)OCCSC(=O)C(C)(C)CO)C(O)C(C)(O)n1ccc(N)nc1=O. The Balaban J connectivity index is 2.18. The molecule has 0 aliphatic carbocycles. The summed E-state index contributed by atoms with van der Waals surface area (Å²) in [6, 6.07) is 5.26. The fraction of sp³-hybridized carbons (Fsp3) is 0.560. The number of hydrogen-bond donors (Lipinski definition) is 5. The number of ether oxygens (including phenoxy) is 1. The maximum absolute atomic E-state index is 13.6. The molecule has 0 amide bonds. The summed E-state index contributed by atoms with van der Waals surface area (Å²) in [6.45, 7) is 2.59. The fourth-order valence-corrected chi connectivity index (χ4v) is 5.63. The number of rotatable bonds is 16. The highest BCUT2D eigenvalue weighted by Gasteiger charge is 2.41. The van der Waals surface area contributed by atoms with Crippen LogP contribution in [0.25, 0.3) is 0 Å². The number of carbonyl (C=O) groups is 1. The second kappa shape index (κ2) is 15.1. The molecule has 6 N–H and O–H groups in total. The molecule has 0 radical (unpaired) electrons. The predicted octanol–water partition coefficient (Wildman–Crippen LogP) is 2.09. The number of nitrogens with two attached hydrogens (primary N) is 1. The third-order valence-electron chi connectivity index (χ3n) is 6.22. The van der Waals surface area contributed by atoms with E-state index in [4.69, 9.17) is 19.5 Å². The number of nitrogens with one attached hydrogen (secondary N) is 1. The summed E-state index contributed by atoms with van der Waals surface area (Å²) in [4.78, 5) is 28.0. The molecule has 0 aliphatic rings. The van der Waals surface area contributed by atoms with E-state index in [2.05, 4.69) is 10.1 Å². The number of carbonyl (C=O) groups excluding carboxylic acids is 1. The summed E-state index contributed by atoms with van der Waals surface area (Å²) >= 11 is 0.824. The van der Waals surface area contributed by atoms with E-state index in [1.807, 2.05) is 0 Å². The zero-order chi connectivity index (χ0) is 32.6. The minimum Gasteiger partial charge on any atom is -0.395 e. The Hall–Kier alpha value is -2.34. The van der Waals surface area contributed by atoms with Gasteiger partial charge < -0.3 is 25.8 Å². The van der Waals surface area contributed by atoms with E-state index in [1.165, 1.54) is 18.2 Å². The maximum atomic E-state index is 13.6. The number of alkyl halides is 3. The zero-order valence-electron chi connectivity index (χ0n) is 23.9. The molecule has 1 aromatic heterocycles. The Labute approximate surface area is 250 Å². The average molecular weight is 657 g/mol. The smallest absolute Gasteiger partial charge is 0.395 e. The molecule has 3 unspecified atom stereocenters. The highest BCUT2D eigenvalue weighted by molar-refractivity contribution is 8.13. The molecular weight excluding hydrogens is 620 g/mol. The van der Waals surface area contributed by atoms with E-state index in [1.54, 1.807) is 13.8 Å². The first-order valence-corrected chi connectivity index (χ1v) is 15.3. The van der Waals surface area contributed by atoms with Crippen molar-refractivity contribution in [1.29, 1.82) is 0 Å². The molecule has 2 rings (SSSR count). The van der Waals surface area contributed by atoms with E-state index in [-0.39, 0.29) is 36.4 Å². The number of aromatic nitrogens is 2. The van der Waals surface area contributed by atoms with Crippen molar-refractivity contribution in [2.45, 2.75) is 51.4 Å². The van der Waals surface area contributed by atoms with Crippen LogP contribution in [0.15, 0.2) is 41.3 Å². The molecule has 43 heavy (non-hydrogen) atoms. The number of hydrogen-bond acceptors (Lipinski definition) is 12. The van der Waals surface area contributed by atoms with Crippen LogP contribution in [0.1, 0.15) is 31.9 Å². The molecule has 0 spiro atoms. The summed E-state index contributed by atoms with van der Waals surface area (Å²) < 4.78 is 69.2. The van der Waals surface area contributed by atoms with Crippen molar-refractivity contribution < 1.29 is 51.6 Å². The van der Waals surface area contributed by atoms with Crippen molar-refractivity contribution >= 4 is 30.4 Å². The second-order valence-electron chi connectivity index (χ2n) is 10.2. The monoisotopic (exact) mass is 656 g/mol. The van der Waals surface area contributed by atoms with Gasteiger partial charge in [0.2, 0.25) is 0 Å². The van der Waals surface area contributed by atoms with E-state index in [0.29, 0.717) is 10.1 Å². The summed E-state index contributed by atoms with van der Waals surface area (Å²) in [5.41, 5.74) is 0.614. The number of anilines is 1. The number of halogens is 3. The number of aliphatic hydroxyl groups is 3. The quantitative estimate of drug-likeness (QED) is 0.130. The van der Waals surface area contributed by atoms with Gasteiger partial charge in [0.25, 0.3) is 0 Å². The van der Waals surface area contributed by atoms with Gasteiger partial charge in [-0.05, 0) is 44.5 Å². The van der Waals surface area contributed by atoms with Crippen molar-refractivity contribution in [1.82, 2.24) is 14.6 Å². The average Bonchev–Trinajstić information content (AvgIpc) is 2.94. The van der Waals surface area contributed by atoms with E-state index in [9.17, 15) is 42.6 Å². The van der Waals surface area contributed by atoms with Crippen molar-refractivity contribution in [3.8, 4) is 0 Å². The van der Waals surface area contributed by atoms with Crippen LogP contribution in [0, 0.1) is 5.41 Å². The van der Waals surface area contributed by atoms with Crippen LogP contribution in [0.5, 0.6) is 0 Å². The first kappa shape index (κ1) is 36.8. The van der Waals surface area contributed by atoms with Crippen molar-refractivity contribution in [2.75, 3.05) is 38.4 Å². The molecule has 0 bridgehead atoms. The normalized spacial score (nSPS) is 16.7. The number of nitrogen functional groups attached to an aromatic ring is 1. The summed E-state index contributed by atoms with van der Waals surface area (Å²) in [5, 5.41) is 33.4. The van der Waals surface area contributed by atoms with Gasteiger partial charge in [-0.2, -0.15) is 18.2 Å². The zero-order valence-corrected chi connectivity index (χ0v) is 25.6. The second-order valence-corrected chi connectivity index (χ2v) is 13.0. The van der Waals surface area contributed by atoms with Crippen LogP contribution < -0.4 is 16.5 Å². The van der Waals surface area contributed by atoms with E-state index >= 15 is 0 Å². The molecule has 0 saturated carbocycles. The van der Waals surface area contributed by atoms with Gasteiger partial charge in [-0.1, -0.05) is 23.9 Å². The molecule has 18 heteroatoms.